The van der Waals surface area contributed by atoms with Gasteiger partial charge in [0.15, 0.2) is 0 Å². The van der Waals surface area contributed by atoms with Gasteiger partial charge in [0, 0.05) is 6.54 Å². The van der Waals surface area contributed by atoms with Crippen molar-refractivity contribution in [2.24, 2.45) is 0 Å². The fourth-order valence-electron chi connectivity index (χ4n) is 7.92. The van der Waals surface area contributed by atoms with Gasteiger partial charge in [0.25, 0.3) is 0 Å². The zero-order valence-corrected chi connectivity index (χ0v) is 36.3. The molecule has 1 aromatic rings. The number of rotatable bonds is 43. The molecule has 0 spiro atoms. The Hall–Kier alpha value is -0.910. The van der Waals surface area contributed by atoms with E-state index >= 15 is 0 Å². The fraction of sp³-hybridized carbons (Fsp3) is 0.936. The van der Waals surface area contributed by atoms with Crippen LogP contribution >= 0.6 is 0 Å². The summed E-state index contributed by atoms with van der Waals surface area (Å²) in [5, 5.41) is 0. The standard InChI is InChI=1S/C47H95N5/c1-5-8-11-14-17-20-23-26-29-32-40-50(39-31-28-25-22-19-16-13-10-7-3)42-34-37-49(4)38-35-43-51(45-46-52-44-36-48-47-52)41-33-30-27-24-21-18-15-12-9-6-2/h36,44,47H,5-35,37-43,45-46H2,1-4H3/p+1. The van der Waals surface area contributed by atoms with E-state index in [1.165, 1.54) is 245 Å². The lowest BCUT2D eigenvalue weighted by Gasteiger charge is -2.25. The summed E-state index contributed by atoms with van der Waals surface area (Å²) in [6, 6.07) is 0. The van der Waals surface area contributed by atoms with Crippen molar-refractivity contribution in [2.45, 2.75) is 226 Å². The van der Waals surface area contributed by atoms with Gasteiger partial charge in [-0.25, -0.2) is 4.57 Å². The predicted octanol–water partition coefficient (Wildman–Crippen LogP) is 13.0. The van der Waals surface area contributed by atoms with Crippen molar-refractivity contribution in [3.63, 3.8) is 0 Å². The van der Waals surface area contributed by atoms with Crippen LogP contribution in [0.3, 0.4) is 0 Å². The monoisotopic (exact) mass is 731 g/mol. The highest BCUT2D eigenvalue weighted by atomic mass is 15.2. The van der Waals surface area contributed by atoms with E-state index in [0.717, 1.165) is 13.1 Å². The number of hydrogen-bond donors (Lipinski definition) is 1. The molecule has 5 nitrogen and oxygen atoms in total. The number of unbranched alkanes of at least 4 members (excludes halogenated alkanes) is 26. The third-order valence-electron chi connectivity index (χ3n) is 11.5. The number of imidazole rings is 1. The zero-order valence-electron chi connectivity index (χ0n) is 36.3. The van der Waals surface area contributed by atoms with Gasteiger partial charge < -0.3 is 9.80 Å². The van der Waals surface area contributed by atoms with Gasteiger partial charge in [0.1, 0.15) is 18.9 Å². The van der Waals surface area contributed by atoms with Gasteiger partial charge in [-0.1, -0.05) is 188 Å². The number of hydrogen-bond acceptors (Lipinski definition) is 3. The van der Waals surface area contributed by atoms with Crippen molar-refractivity contribution in [3.05, 3.63) is 18.7 Å². The van der Waals surface area contributed by atoms with Crippen LogP contribution in [0.2, 0.25) is 0 Å². The molecule has 0 aliphatic carbocycles. The van der Waals surface area contributed by atoms with Gasteiger partial charge in [-0.15, -0.1) is 0 Å². The maximum Gasteiger partial charge on any atom is 0.241 e. The van der Waals surface area contributed by atoms with Crippen LogP contribution < -0.4 is 4.57 Å². The van der Waals surface area contributed by atoms with Crippen molar-refractivity contribution in [1.82, 2.24) is 19.7 Å². The summed E-state index contributed by atoms with van der Waals surface area (Å²) in [5.74, 6) is 0. The molecule has 0 bridgehead atoms. The number of nitrogens with one attached hydrogen (secondary N) is 1. The van der Waals surface area contributed by atoms with Gasteiger partial charge in [-0.05, 0) is 85.0 Å². The Morgan fingerprint density at radius 1 is 0.365 bits per heavy atom. The van der Waals surface area contributed by atoms with Crippen molar-refractivity contribution in [1.29, 1.82) is 0 Å². The molecule has 0 aliphatic heterocycles. The van der Waals surface area contributed by atoms with Crippen LogP contribution in [-0.4, -0.2) is 79.1 Å². The Morgan fingerprint density at radius 2 is 0.673 bits per heavy atom. The summed E-state index contributed by atoms with van der Waals surface area (Å²) in [4.78, 5) is 11.4. The van der Waals surface area contributed by atoms with Crippen molar-refractivity contribution in [3.8, 4) is 0 Å². The molecule has 0 unspecified atom stereocenters. The third-order valence-corrected chi connectivity index (χ3v) is 11.5. The van der Waals surface area contributed by atoms with Gasteiger partial charge in [-0.3, -0.25) is 9.88 Å². The van der Waals surface area contributed by atoms with Crippen LogP contribution in [0.25, 0.3) is 0 Å². The van der Waals surface area contributed by atoms with Crippen LogP contribution in [0.5, 0.6) is 0 Å². The Bertz CT molecular complexity index is 783. The SMILES string of the molecule is CCCCCCCCCCCCN(CCCCCCCCCCC)CCCN(C)CCCN(CCCCCCCCCCCC)CC[n+]1cc[nH]c1. The smallest absolute Gasteiger partial charge is 0.241 e. The van der Waals surface area contributed by atoms with E-state index in [9.17, 15) is 0 Å². The molecule has 0 saturated carbocycles. The first-order valence-electron chi connectivity index (χ1n) is 23.8. The first-order chi connectivity index (χ1) is 25.7. The molecule has 0 fully saturated rings. The highest BCUT2D eigenvalue weighted by Gasteiger charge is 2.10. The molecule has 0 saturated heterocycles. The molecule has 308 valence electrons. The normalized spacial score (nSPS) is 12.0. The zero-order chi connectivity index (χ0) is 37.4. The second-order valence-electron chi connectivity index (χ2n) is 16.7. The average Bonchev–Trinajstić information content (AvgIpc) is 3.68. The highest BCUT2D eigenvalue weighted by Crippen LogP contribution is 2.14. The summed E-state index contributed by atoms with van der Waals surface area (Å²) in [6.45, 7) is 18.1. The van der Waals surface area contributed by atoms with Crippen molar-refractivity contribution in [2.75, 3.05) is 59.4 Å². The molecule has 1 N–H and O–H groups in total. The second kappa shape index (κ2) is 39.8. The first kappa shape index (κ1) is 49.1. The molecular formula is C47H96N5+. The van der Waals surface area contributed by atoms with Crippen molar-refractivity contribution >= 4 is 0 Å². The Kier molecular flexibility index (Phi) is 37.6. The molecule has 1 aromatic heterocycles. The summed E-state index contributed by atoms with van der Waals surface area (Å²) < 4.78 is 2.30. The molecule has 52 heavy (non-hydrogen) atoms. The van der Waals surface area contributed by atoms with E-state index in [2.05, 4.69) is 64.6 Å². The number of nitrogens with zero attached hydrogens (tertiary/aromatic N) is 4. The van der Waals surface area contributed by atoms with Crippen LogP contribution in [-0.2, 0) is 6.54 Å². The van der Waals surface area contributed by atoms with Crippen LogP contribution in [0.15, 0.2) is 18.7 Å². The third kappa shape index (κ3) is 33.6. The maximum absolute atomic E-state index is 3.22. The van der Waals surface area contributed by atoms with E-state index in [1.54, 1.807) is 0 Å². The summed E-state index contributed by atoms with van der Waals surface area (Å²) in [6.07, 6.45) is 50.3. The second-order valence-corrected chi connectivity index (χ2v) is 16.7. The minimum atomic E-state index is 1.09. The molecular weight excluding hydrogens is 635 g/mol. The summed E-state index contributed by atoms with van der Waals surface area (Å²) in [5.41, 5.74) is 0. The van der Waals surface area contributed by atoms with Crippen LogP contribution in [0.1, 0.15) is 220 Å². The van der Waals surface area contributed by atoms with Crippen molar-refractivity contribution < 1.29 is 4.57 Å². The van der Waals surface area contributed by atoms with Crippen LogP contribution in [0.4, 0.5) is 0 Å². The molecule has 0 radical (unpaired) electrons. The molecule has 0 aliphatic rings. The van der Waals surface area contributed by atoms with Gasteiger partial charge in [0.05, 0.1) is 0 Å². The minimum Gasteiger partial charge on any atom is -0.306 e. The number of H-pyrrole nitrogens is 1. The van der Waals surface area contributed by atoms with E-state index in [-0.39, 0.29) is 0 Å². The highest BCUT2D eigenvalue weighted by molar-refractivity contribution is 4.65. The first-order valence-corrected chi connectivity index (χ1v) is 23.8. The molecule has 1 rings (SSSR count). The molecule has 5 heteroatoms. The molecule has 0 amide bonds. The van der Waals surface area contributed by atoms with E-state index in [0.29, 0.717) is 0 Å². The topological polar surface area (TPSA) is 29.4 Å². The maximum atomic E-state index is 3.22. The predicted molar refractivity (Wildman–Crippen MR) is 232 cm³/mol. The lowest BCUT2D eigenvalue weighted by molar-refractivity contribution is -0.695. The lowest BCUT2D eigenvalue weighted by atomic mass is 10.1. The largest absolute Gasteiger partial charge is 0.306 e. The molecule has 0 aromatic carbocycles. The van der Waals surface area contributed by atoms with E-state index in [4.69, 9.17) is 0 Å². The Balaban J connectivity index is 2.34. The number of aromatic amines is 1. The minimum absolute atomic E-state index is 1.09. The van der Waals surface area contributed by atoms with Gasteiger partial charge >= 0.3 is 0 Å². The number of aromatic nitrogens is 2. The summed E-state index contributed by atoms with van der Waals surface area (Å²) in [7, 11) is 2.37. The van der Waals surface area contributed by atoms with E-state index < -0.39 is 0 Å². The fourth-order valence-corrected chi connectivity index (χ4v) is 7.92. The Morgan fingerprint density at radius 3 is 1.00 bits per heavy atom. The molecule has 1 heterocycles. The quantitative estimate of drug-likeness (QED) is 0.0536. The average molecular weight is 731 g/mol. The molecule has 0 atom stereocenters. The van der Waals surface area contributed by atoms with E-state index in [1.807, 2.05) is 6.20 Å². The lowest BCUT2D eigenvalue weighted by Crippen LogP contribution is -2.40. The van der Waals surface area contributed by atoms with Gasteiger partial charge in [0.2, 0.25) is 6.33 Å². The Labute approximate surface area is 327 Å². The van der Waals surface area contributed by atoms with Crippen LogP contribution in [0, 0.1) is 0 Å². The van der Waals surface area contributed by atoms with Gasteiger partial charge in [-0.2, -0.15) is 0 Å². The summed E-state index contributed by atoms with van der Waals surface area (Å²) >= 11 is 0.